The van der Waals surface area contributed by atoms with E-state index in [-0.39, 0.29) is 30.0 Å². The molecule has 2 rings (SSSR count). The molecule has 2 aromatic rings. The number of esters is 1. The third-order valence-electron chi connectivity index (χ3n) is 2.50. The van der Waals surface area contributed by atoms with Crippen molar-refractivity contribution in [1.82, 2.24) is 10.2 Å². The highest BCUT2D eigenvalue weighted by Gasteiger charge is 2.30. The van der Waals surface area contributed by atoms with Crippen LogP contribution in [-0.2, 0) is 13.3 Å². The van der Waals surface area contributed by atoms with Gasteiger partial charge in [-0.1, -0.05) is 46.4 Å². The van der Waals surface area contributed by atoms with E-state index >= 15 is 0 Å². The largest absolute Gasteiger partial charge is 0.480 e. The maximum Gasteiger partial charge on any atom is 0.344 e. The molecule has 0 aliphatic heterocycles. The van der Waals surface area contributed by atoms with Crippen molar-refractivity contribution in [3.05, 3.63) is 29.1 Å². The summed E-state index contributed by atoms with van der Waals surface area (Å²) in [6, 6.07) is 4.69. The van der Waals surface area contributed by atoms with E-state index in [0.29, 0.717) is 11.3 Å². The van der Waals surface area contributed by atoms with Gasteiger partial charge in [0.25, 0.3) is 9.68 Å². The third-order valence-corrected chi connectivity index (χ3v) is 3.28. The number of aromatic nitrogens is 2. The van der Waals surface area contributed by atoms with Crippen LogP contribution in [0.4, 0.5) is 0 Å². The number of rotatable bonds is 5. The molecular formula is C13H10Cl4N2O4. The molecule has 0 aliphatic carbocycles. The van der Waals surface area contributed by atoms with Crippen LogP contribution in [0, 0.1) is 0 Å². The van der Waals surface area contributed by atoms with Crippen LogP contribution in [-0.4, -0.2) is 29.4 Å². The van der Waals surface area contributed by atoms with Gasteiger partial charge in [-0.05, 0) is 25.1 Å². The standard InChI is InChI=1S/C13H10Cl4N2O4/c1-2-21-10(20)6-22-9-4-3-7(5-8(9)14)11-18-19-12(23-11)13(15,16)17/h3-5H,2,6H2,1H3. The first-order valence-electron chi connectivity index (χ1n) is 6.30. The maximum absolute atomic E-state index is 11.3. The molecule has 23 heavy (non-hydrogen) atoms. The smallest absolute Gasteiger partial charge is 0.344 e. The zero-order valence-corrected chi connectivity index (χ0v) is 14.7. The first kappa shape index (κ1) is 18.1. The molecule has 0 N–H and O–H groups in total. The Bertz CT molecular complexity index is 700. The Morgan fingerprint density at radius 1 is 1.30 bits per heavy atom. The predicted molar refractivity (Wildman–Crippen MR) is 86.1 cm³/mol. The molecule has 0 atom stereocenters. The quantitative estimate of drug-likeness (QED) is 0.555. The van der Waals surface area contributed by atoms with Crippen molar-refractivity contribution in [3.63, 3.8) is 0 Å². The fraction of sp³-hybridized carbons (Fsp3) is 0.308. The van der Waals surface area contributed by atoms with E-state index < -0.39 is 9.76 Å². The van der Waals surface area contributed by atoms with E-state index in [1.54, 1.807) is 19.1 Å². The summed E-state index contributed by atoms with van der Waals surface area (Å²) < 4.78 is 13.5. The number of hydrogen-bond donors (Lipinski definition) is 0. The van der Waals surface area contributed by atoms with Gasteiger partial charge in [-0.3, -0.25) is 0 Å². The Morgan fingerprint density at radius 3 is 2.61 bits per heavy atom. The molecule has 6 nitrogen and oxygen atoms in total. The Morgan fingerprint density at radius 2 is 2.04 bits per heavy atom. The van der Waals surface area contributed by atoms with Crippen molar-refractivity contribution in [1.29, 1.82) is 0 Å². The van der Waals surface area contributed by atoms with Crippen LogP contribution in [0.25, 0.3) is 11.5 Å². The Labute approximate surface area is 151 Å². The van der Waals surface area contributed by atoms with Crippen molar-refractivity contribution in [3.8, 4) is 17.2 Å². The van der Waals surface area contributed by atoms with E-state index in [0.717, 1.165) is 0 Å². The van der Waals surface area contributed by atoms with Crippen LogP contribution in [0.2, 0.25) is 5.02 Å². The highest BCUT2D eigenvalue weighted by atomic mass is 35.6. The minimum Gasteiger partial charge on any atom is -0.480 e. The summed E-state index contributed by atoms with van der Waals surface area (Å²) in [6.45, 7) is 1.73. The molecule has 10 heteroatoms. The fourth-order valence-electron chi connectivity index (χ4n) is 1.54. The fourth-order valence-corrected chi connectivity index (χ4v) is 2.01. The van der Waals surface area contributed by atoms with E-state index in [9.17, 15) is 4.79 Å². The molecule has 0 bridgehead atoms. The lowest BCUT2D eigenvalue weighted by Gasteiger charge is -2.08. The van der Waals surface area contributed by atoms with Gasteiger partial charge in [-0.25, -0.2) is 4.79 Å². The van der Waals surface area contributed by atoms with Crippen LogP contribution in [0.3, 0.4) is 0 Å². The van der Waals surface area contributed by atoms with Crippen LogP contribution < -0.4 is 4.74 Å². The third kappa shape index (κ3) is 4.88. The van der Waals surface area contributed by atoms with Gasteiger partial charge in [0.2, 0.25) is 5.89 Å². The minimum atomic E-state index is -1.81. The first-order chi connectivity index (χ1) is 10.8. The maximum atomic E-state index is 11.3. The molecule has 1 aromatic heterocycles. The van der Waals surface area contributed by atoms with Crippen molar-refractivity contribution in [2.75, 3.05) is 13.2 Å². The van der Waals surface area contributed by atoms with Crippen molar-refractivity contribution in [2.24, 2.45) is 0 Å². The molecule has 0 aliphatic rings. The molecule has 0 spiro atoms. The molecule has 0 unspecified atom stereocenters. The van der Waals surface area contributed by atoms with Gasteiger partial charge >= 0.3 is 5.97 Å². The highest BCUT2D eigenvalue weighted by Crippen LogP contribution is 2.38. The van der Waals surface area contributed by atoms with Crippen molar-refractivity contribution >= 4 is 52.4 Å². The minimum absolute atomic E-state index is 0.130. The number of ether oxygens (including phenoxy) is 2. The summed E-state index contributed by atoms with van der Waals surface area (Å²) in [5, 5.41) is 7.68. The van der Waals surface area contributed by atoms with Gasteiger partial charge in [0.15, 0.2) is 6.61 Å². The van der Waals surface area contributed by atoms with Gasteiger partial charge in [0, 0.05) is 5.56 Å². The van der Waals surface area contributed by atoms with E-state index in [1.165, 1.54) is 6.07 Å². The lowest BCUT2D eigenvalue weighted by Crippen LogP contribution is -2.14. The average Bonchev–Trinajstić information content (AvgIpc) is 2.96. The van der Waals surface area contributed by atoms with E-state index in [2.05, 4.69) is 10.2 Å². The van der Waals surface area contributed by atoms with Gasteiger partial charge in [-0.2, -0.15) is 0 Å². The summed E-state index contributed by atoms with van der Waals surface area (Å²) in [5.41, 5.74) is 0.506. The number of benzene rings is 1. The number of hydrogen-bond acceptors (Lipinski definition) is 6. The average molecular weight is 400 g/mol. The monoisotopic (exact) mass is 398 g/mol. The van der Waals surface area contributed by atoms with Crippen molar-refractivity contribution in [2.45, 2.75) is 10.7 Å². The van der Waals surface area contributed by atoms with Gasteiger partial charge < -0.3 is 13.9 Å². The first-order valence-corrected chi connectivity index (χ1v) is 7.81. The molecular weight excluding hydrogens is 390 g/mol. The Hall–Kier alpha value is -1.21. The van der Waals surface area contributed by atoms with Gasteiger partial charge in [0.1, 0.15) is 5.75 Å². The summed E-state index contributed by atoms with van der Waals surface area (Å²) in [4.78, 5) is 11.3. The Kier molecular flexibility index (Phi) is 5.97. The summed E-state index contributed by atoms with van der Waals surface area (Å²) in [6.07, 6.45) is 0. The SMILES string of the molecule is CCOC(=O)COc1ccc(-c2nnc(C(Cl)(Cl)Cl)o2)cc1Cl. The molecule has 1 heterocycles. The zero-order valence-electron chi connectivity index (χ0n) is 11.7. The number of nitrogens with zero attached hydrogens (tertiary/aromatic N) is 2. The number of carbonyl (C=O) groups excluding carboxylic acids is 1. The molecule has 0 saturated carbocycles. The second kappa shape index (κ2) is 7.57. The number of halogens is 4. The molecule has 1 aromatic carbocycles. The van der Waals surface area contributed by atoms with Crippen LogP contribution in [0.15, 0.2) is 22.6 Å². The topological polar surface area (TPSA) is 74.5 Å². The summed E-state index contributed by atoms with van der Waals surface area (Å²) in [7, 11) is 0. The molecule has 0 amide bonds. The zero-order chi connectivity index (χ0) is 17.0. The van der Waals surface area contributed by atoms with E-state index in [4.69, 9.17) is 60.3 Å². The molecule has 124 valence electrons. The lowest BCUT2D eigenvalue weighted by atomic mass is 10.2. The van der Waals surface area contributed by atoms with Crippen LogP contribution in [0.1, 0.15) is 12.8 Å². The predicted octanol–water partition coefficient (Wildman–Crippen LogP) is 4.16. The lowest BCUT2D eigenvalue weighted by molar-refractivity contribution is -0.145. The second-order valence-electron chi connectivity index (χ2n) is 4.15. The summed E-state index contributed by atoms with van der Waals surface area (Å²) in [5.74, 6) is -0.206. The summed E-state index contributed by atoms with van der Waals surface area (Å²) >= 11 is 23.1. The Balaban J connectivity index is 2.13. The van der Waals surface area contributed by atoms with Gasteiger partial charge in [-0.15, -0.1) is 10.2 Å². The van der Waals surface area contributed by atoms with E-state index in [1.807, 2.05) is 0 Å². The number of alkyl halides is 3. The van der Waals surface area contributed by atoms with Gasteiger partial charge in [0.05, 0.1) is 11.6 Å². The number of carbonyl (C=O) groups is 1. The highest BCUT2D eigenvalue weighted by molar-refractivity contribution is 6.66. The van der Waals surface area contributed by atoms with Crippen LogP contribution in [0.5, 0.6) is 5.75 Å². The molecule has 0 fully saturated rings. The second-order valence-corrected chi connectivity index (χ2v) is 6.84. The van der Waals surface area contributed by atoms with Crippen LogP contribution >= 0.6 is 46.4 Å². The molecule has 0 saturated heterocycles. The van der Waals surface area contributed by atoms with Crippen molar-refractivity contribution < 1.29 is 18.7 Å². The normalized spacial score (nSPS) is 11.3. The molecule has 0 radical (unpaired) electrons.